The van der Waals surface area contributed by atoms with Gasteiger partial charge < -0.3 is 4.90 Å². The fourth-order valence-corrected chi connectivity index (χ4v) is 6.83. The van der Waals surface area contributed by atoms with E-state index in [1.807, 2.05) is 32.0 Å². The summed E-state index contributed by atoms with van der Waals surface area (Å²) in [5.74, 6) is -0.0949. The lowest BCUT2D eigenvalue weighted by Crippen LogP contribution is -2.55. The maximum absolute atomic E-state index is 13.4. The zero-order valence-corrected chi connectivity index (χ0v) is 19.4. The Kier molecular flexibility index (Phi) is 6.11. The number of nitrogens with zero attached hydrogens (tertiary/aromatic N) is 4. The van der Waals surface area contributed by atoms with Crippen molar-refractivity contribution in [1.82, 2.24) is 14.2 Å². The number of sulfonamides is 1. The molecule has 1 aromatic carbocycles. The second kappa shape index (κ2) is 8.82. The lowest BCUT2D eigenvalue weighted by molar-refractivity contribution is 0.0642. The predicted octanol–water partition coefficient (Wildman–Crippen LogP) is 3.53. The summed E-state index contributed by atoms with van der Waals surface area (Å²) < 4.78 is 28.4. The molecule has 0 N–H and O–H groups in total. The van der Waals surface area contributed by atoms with Crippen LogP contribution in [0.25, 0.3) is 10.6 Å². The van der Waals surface area contributed by atoms with E-state index < -0.39 is 10.0 Å². The van der Waals surface area contributed by atoms with Crippen molar-refractivity contribution in [3.63, 3.8) is 0 Å². The van der Waals surface area contributed by atoms with E-state index in [4.69, 9.17) is 0 Å². The van der Waals surface area contributed by atoms with Gasteiger partial charge in [0.05, 0.1) is 16.1 Å². The Morgan fingerprint density at radius 3 is 2.56 bits per heavy atom. The van der Waals surface area contributed by atoms with E-state index in [0.29, 0.717) is 34.8 Å². The van der Waals surface area contributed by atoms with Crippen LogP contribution in [0.2, 0.25) is 0 Å². The third-order valence-electron chi connectivity index (χ3n) is 5.41. The molecule has 3 aromatic rings. The molecule has 0 bridgehead atoms. The molecule has 0 spiro atoms. The van der Waals surface area contributed by atoms with Gasteiger partial charge in [0, 0.05) is 36.9 Å². The third kappa shape index (κ3) is 4.17. The number of nitriles is 1. The zero-order valence-electron chi connectivity index (χ0n) is 17.7. The van der Waals surface area contributed by atoms with Crippen molar-refractivity contribution >= 4 is 27.3 Å². The highest BCUT2D eigenvalue weighted by Gasteiger charge is 2.36. The van der Waals surface area contributed by atoms with Gasteiger partial charge >= 0.3 is 0 Å². The molecule has 4 rings (SSSR count). The summed E-state index contributed by atoms with van der Waals surface area (Å²) in [5.41, 5.74) is 2.25. The molecule has 1 fully saturated rings. The second-order valence-electron chi connectivity index (χ2n) is 7.66. The fourth-order valence-electron chi connectivity index (χ4n) is 3.78. The molecule has 1 amide bonds. The number of benzene rings is 1. The summed E-state index contributed by atoms with van der Waals surface area (Å²) in [7, 11) is -3.74. The highest BCUT2D eigenvalue weighted by molar-refractivity contribution is 7.91. The average Bonchev–Trinajstić information content (AvgIpc) is 3.30. The van der Waals surface area contributed by atoms with E-state index in [1.54, 1.807) is 41.3 Å². The Morgan fingerprint density at radius 2 is 1.88 bits per heavy atom. The van der Waals surface area contributed by atoms with Crippen LogP contribution in [0.15, 0.2) is 58.8 Å². The van der Waals surface area contributed by atoms with Gasteiger partial charge in [0.2, 0.25) is 0 Å². The molecule has 164 valence electrons. The molecule has 2 aromatic heterocycles. The standard InChI is InChI=1S/C23H22N4O3S2/c1-16-8-9-19(14-24)22(25-16)20-10-11-21(31-20)32(29,30)27-13-12-26(15-17(27)2)23(28)18-6-4-3-5-7-18/h3-11,17H,12-13,15H2,1-2H3. The first kappa shape index (κ1) is 22.1. The van der Waals surface area contributed by atoms with Gasteiger partial charge in [-0.15, -0.1) is 11.3 Å². The van der Waals surface area contributed by atoms with Crippen molar-refractivity contribution in [2.45, 2.75) is 24.1 Å². The van der Waals surface area contributed by atoms with E-state index in [0.717, 1.165) is 17.0 Å². The van der Waals surface area contributed by atoms with E-state index in [2.05, 4.69) is 11.1 Å². The van der Waals surface area contributed by atoms with Crippen molar-refractivity contribution in [1.29, 1.82) is 5.26 Å². The molecule has 0 aliphatic carbocycles. The first-order valence-corrected chi connectivity index (χ1v) is 12.4. The SMILES string of the molecule is Cc1ccc(C#N)c(-c2ccc(S(=O)(=O)N3CCN(C(=O)c4ccccc4)CC3C)s2)n1. The summed E-state index contributed by atoms with van der Waals surface area (Å²) in [5, 5.41) is 9.38. The Morgan fingerprint density at radius 1 is 1.12 bits per heavy atom. The van der Waals surface area contributed by atoms with Crippen LogP contribution in [0.4, 0.5) is 0 Å². The number of piperazine rings is 1. The van der Waals surface area contributed by atoms with Gasteiger partial charge in [0.1, 0.15) is 10.3 Å². The summed E-state index contributed by atoms with van der Waals surface area (Å²) in [6.07, 6.45) is 0. The average molecular weight is 467 g/mol. The Balaban J connectivity index is 1.55. The van der Waals surface area contributed by atoms with E-state index in [9.17, 15) is 18.5 Å². The summed E-state index contributed by atoms with van der Waals surface area (Å²) in [4.78, 5) is 19.5. The predicted molar refractivity (Wildman–Crippen MR) is 123 cm³/mol. The maximum atomic E-state index is 13.4. The Hall–Kier alpha value is -3.06. The highest BCUT2D eigenvalue weighted by Crippen LogP contribution is 2.34. The molecular weight excluding hydrogens is 444 g/mol. The summed E-state index contributed by atoms with van der Waals surface area (Å²) in [6.45, 7) is 4.51. The van der Waals surface area contributed by atoms with Gasteiger partial charge in [0.25, 0.3) is 15.9 Å². The summed E-state index contributed by atoms with van der Waals surface area (Å²) >= 11 is 1.11. The summed E-state index contributed by atoms with van der Waals surface area (Å²) in [6, 6.07) is 17.5. The van der Waals surface area contributed by atoms with Crippen molar-refractivity contribution in [2.24, 2.45) is 0 Å². The van der Waals surface area contributed by atoms with Gasteiger partial charge in [-0.1, -0.05) is 18.2 Å². The lowest BCUT2D eigenvalue weighted by Gasteiger charge is -2.38. The third-order valence-corrected chi connectivity index (χ3v) is 8.98. The number of amides is 1. The first-order chi connectivity index (χ1) is 15.3. The van der Waals surface area contributed by atoms with Gasteiger partial charge in [0.15, 0.2) is 0 Å². The molecule has 1 aliphatic rings. The molecule has 1 aliphatic heterocycles. The number of aryl methyl sites for hydroxylation is 1. The topological polar surface area (TPSA) is 94.4 Å². The van der Waals surface area contributed by atoms with Crippen LogP contribution >= 0.6 is 11.3 Å². The smallest absolute Gasteiger partial charge is 0.253 e. The van der Waals surface area contributed by atoms with Crippen molar-refractivity contribution < 1.29 is 13.2 Å². The maximum Gasteiger partial charge on any atom is 0.253 e. The van der Waals surface area contributed by atoms with Gasteiger partial charge in [-0.3, -0.25) is 9.78 Å². The minimum atomic E-state index is -3.74. The van der Waals surface area contributed by atoms with Gasteiger partial charge in [-0.25, -0.2) is 8.42 Å². The number of hydrogen-bond donors (Lipinski definition) is 0. The van der Waals surface area contributed by atoms with Crippen LogP contribution in [0.3, 0.4) is 0 Å². The number of carbonyl (C=O) groups is 1. The minimum absolute atomic E-state index is 0.0949. The van der Waals surface area contributed by atoms with Crippen molar-refractivity contribution in [3.05, 3.63) is 71.4 Å². The molecule has 7 nitrogen and oxygen atoms in total. The molecule has 1 atom stereocenters. The number of pyridine rings is 1. The van der Waals surface area contributed by atoms with Crippen molar-refractivity contribution in [3.8, 4) is 16.6 Å². The molecule has 3 heterocycles. The Bertz CT molecular complexity index is 1300. The van der Waals surface area contributed by atoms with Gasteiger partial charge in [-0.05, 0) is 50.2 Å². The Labute approximate surface area is 191 Å². The van der Waals surface area contributed by atoms with Crippen LogP contribution in [0.1, 0.15) is 28.5 Å². The number of aromatic nitrogens is 1. The van der Waals surface area contributed by atoms with Crippen molar-refractivity contribution in [2.75, 3.05) is 19.6 Å². The van der Waals surface area contributed by atoms with Crippen LogP contribution in [-0.4, -0.2) is 54.2 Å². The normalized spacial score (nSPS) is 17.2. The van der Waals surface area contributed by atoms with Crippen LogP contribution in [0, 0.1) is 18.3 Å². The lowest BCUT2D eigenvalue weighted by atomic mass is 10.1. The van der Waals surface area contributed by atoms with Crippen LogP contribution in [0.5, 0.6) is 0 Å². The first-order valence-electron chi connectivity index (χ1n) is 10.2. The van der Waals surface area contributed by atoms with Crippen LogP contribution in [-0.2, 0) is 10.0 Å². The number of thiophene rings is 1. The molecule has 32 heavy (non-hydrogen) atoms. The van der Waals surface area contributed by atoms with Gasteiger partial charge in [-0.2, -0.15) is 9.57 Å². The number of carbonyl (C=O) groups excluding carboxylic acids is 1. The quantitative estimate of drug-likeness (QED) is 0.586. The van der Waals surface area contributed by atoms with Crippen LogP contribution < -0.4 is 0 Å². The molecule has 0 radical (unpaired) electrons. The molecular formula is C23H22N4O3S2. The number of rotatable bonds is 4. The van der Waals surface area contributed by atoms with E-state index >= 15 is 0 Å². The monoisotopic (exact) mass is 466 g/mol. The minimum Gasteiger partial charge on any atom is -0.336 e. The van der Waals surface area contributed by atoms with E-state index in [-0.39, 0.29) is 22.7 Å². The van der Waals surface area contributed by atoms with E-state index in [1.165, 1.54) is 4.31 Å². The zero-order chi connectivity index (χ0) is 22.9. The molecule has 1 saturated heterocycles. The number of hydrogen-bond acceptors (Lipinski definition) is 6. The molecule has 9 heteroatoms. The highest BCUT2D eigenvalue weighted by atomic mass is 32.2. The molecule has 0 saturated carbocycles. The fraction of sp³-hybridized carbons (Fsp3) is 0.261. The largest absolute Gasteiger partial charge is 0.336 e. The second-order valence-corrected chi connectivity index (χ2v) is 10.9. The molecule has 1 unspecified atom stereocenters.